The fourth-order valence-corrected chi connectivity index (χ4v) is 3.97. The number of carboxylic acid groups (broad SMARTS) is 1. The molecular formula is C16H29NO4. The van der Waals surface area contributed by atoms with E-state index in [4.69, 9.17) is 9.47 Å². The van der Waals surface area contributed by atoms with E-state index in [1.165, 1.54) is 0 Å². The Bertz CT molecular complexity index is 394. The molecule has 2 fully saturated rings. The topological polar surface area (TPSA) is 59.0 Å². The highest BCUT2D eigenvalue weighted by molar-refractivity contribution is 5.71. The summed E-state index contributed by atoms with van der Waals surface area (Å²) in [7, 11) is 0. The Morgan fingerprint density at radius 2 is 1.95 bits per heavy atom. The van der Waals surface area contributed by atoms with Crippen LogP contribution in [0.15, 0.2) is 0 Å². The molecule has 0 spiro atoms. The summed E-state index contributed by atoms with van der Waals surface area (Å²) in [5.74, 6) is -1.19. The first kappa shape index (κ1) is 16.7. The van der Waals surface area contributed by atoms with Crippen molar-refractivity contribution in [3.05, 3.63) is 0 Å². The molecule has 3 unspecified atom stereocenters. The lowest BCUT2D eigenvalue weighted by molar-refractivity contribution is -0.144. The van der Waals surface area contributed by atoms with E-state index in [0.717, 1.165) is 19.4 Å². The molecule has 2 aliphatic rings. The van der Waals surface area contributed by atoms with Crippen molar-refractivity contribution in [2.45, 2.75) is 70.7 Å². The maximum atomic E-state index is 11.5. The van der Waals surface area contributed by atoms with Crippen molar-refractivity contribution >= 4 is 5.97 Å². The van der Waals surface area contributed by atoms with Crippen LogP contribution in [0.3, 0.4) is 0 Å². The van der Waals surface area contributed by atoms with Crippen LogP contribution in [-0.2, 0) is 14.3 Å². The second-order valence-electron chi connectivity index (χ2n) is 7.47. The zero-order chi connectivity index (χ0) is 15.8. The first-order valence-corrected chi connectivity index (χ1v) is 7.94. The van der Waals surface area contributed by atoms with Gasteiger partial charge in [-0.15, -0.1) is 0 Å². The Labute approximate surface area is 127 Å². The average Bonchev–Trinajstić information content (AvgIpc) is 2.88. The van der Waals surface area contributed by atoms with Crippen molar-refractivity contribution in [3.8, 4) is 0 Å². The SMILES string of the molecule is CCCN(C1COCC1C(=O)O)C1CC(C)(C)OC1(C)C. The van der Waals surface area contributed by atoms with Crippen LogP contribution >= 0.6 is 0 Å². The fourth-order valence-electron chi connectivity index (χ4n) is 3.97. The molecule has 0 amide bonds. The summed E-state index contributed by atoms with van der Waals surface area (Å²) < 4.78 is 11.7. The highest BCUT2D eigenvalue weighted by Gasteiger charge is 2.51. The van der Waals surface area contributed by atoms with Crippen molar-refractivity contribution in [2.75, 3.05) is 19.8 Å². The van der Waals surface area contributed by atoms with Gasteiger partial charge in [0.1, 0.15) is 0 Å². The van der Waals surface area contributed by atoms with Gasteiger partial charge in [0, 0.05) is 12.1 Å². The van der Waals surface area contributed by atoms with Crippen LogP contribution in [0.4, 0.5) is 0 Å². The Kier molecular flexibility index (Phi) is 4.66. The third-order valence-corrected chi connectivity index (χ3v) is 4.70. The van der Waals surface area contributed by atoms with Crippen LogP contribution < -0.4 is 0 Å². The lowest BCUT2D eigenvalue weighted by Gasteiger charge is -2.40. The van der Waals surface area contributed by atoms with Crippen LogP contribution in [0, 0.1) is 5.92 Å². The molecule has 5 nitrogen and oxygen atoms in total. The van der Waals surface area contributed by atoms with Gasteiger partial charge in [0.25, 0.3) is 0 Å². The van der Waals surface area contributed by atoms with Gasteiger partial charge in [-0.1, -0.05) is 6.92 Å². The Balaban J connectivity index is 2.24. The molecule has 0 aromatic rings. The van der Waals surface area contributed by atoms with E-state index < -0.39 is 11.9 Å². The normalized spacial score (nSPS) is 34.5. The molecule has 2 heterocycles. The first-order chi connectivity index (χ1) is 9.68. The van der Waals surface area contributed by atoms with Crippen molar-refractivity contribution in [3.63, 3.8) is 0 Å². The lowest BCUT2D eigenvalue weighted by Crippen LogP contribution is -2.54. The Morgan fingerprint density at radius 3 is 2.43 bits per heavy atom. The maximum Gasteiger partial charge on any atom is 0.310 e. The van der Waals surface area contributed by atoms with Gasteiger partial charge >= 0.3 is 5.97 Å². The molecule has 122 valence electrons. The molecule has 2 rings (SSSR count). The van der Waals surface area contributed by atoms with Crippen LogP contribution in [0.2, 0.25) is 0 Å². The number of aliphatic carboxylic acids is 1. The molecule has 2 aliphatic heterocycles. The van der Waals surface area contributed by atoms with Gasteiger partial charge in [-0.2, -0.15) is 0 Å². The number of carboxylic acids is 1. The third-order valence-electron chi connectivity index (χ3n) is 4.70. The lowest BCUT2D eigenvalue weighted by atomic mass is 9.89. The molecule has 3 atom stereocenters. The van der Waals surface area contributed by atoms with Gasteiger partial charge in [-0.3, -0.25) is 9.69 Å². The number of hydrogen-bond donors (Lipinski definition) is 1. The quantitative estimate of drug-likeness (QED) is 0.843. The minimum atomic E-state index is -0.755. The second-order valence-corrected chi connectivity index (χ2v) is 7.47. The predicted molar refractivity (Wildman–Crippen MR) is 80.4 cm³/mol. The van der Waals surface area contributed by atoms with Crippen LogP contribution in [0.5, 0.6) is 0 Å². The number of ether oxygens (including phenoxy) is 2. The second kappa shape index (κ2) is 5.86. The fraction of sp³-hybridized carbons (Fsp3) is 0.938. The van der Waals surface area contributed by atoms with E-state index in [1.54, 1.807) is 0 Å². The summed E-state index contributed by atoms with van der Waals surface area (Å²) in [5, 5.41) is 9.44. The van der Waals surface area contributed by atoms with Crippen molar-refractivity contribution in [2.24, 2.45) is 5.92 Å². The van der Waals surface area contributed by atoms with Gasteiger partial charge in [-0.25, -0.2) is 0 Å². The molecule has 0 bridgehead atoms. The maximum absolute atomic E-state index is 11.5. The van der Waals surface area contributed by atoms with Gasteiger partial charge in [-0.05, 0) is 47.1 Å². The smallest absolute Gasteiger partial charge is 0.310 e. The number of carbonyl (C=O) groups is 1. The van der Waals surface area contributed by atoms with E-state index in [9.17, 15) is 9.90 Å². The van der Waals surface area contributed by atoms with Crippen molar-refractivity contribution in [1.29, 1.82) is 0 Å². The summed E-state index contributed by atoms with van der Waals surface area (Å²) in [6.45, 7) is 12.3. The zero-order valence-electron chi connectivity index (χ0n) is 13.9. The minimum absolute atomic E-state index is 0.0516. The molecule has 0 aromatic heterocycles. The molecule has 0 radical (unpaired) electrons. The molecule has 0 saturated carbocycles. The summed E-state index contributed by atoms with van der Waals surface area (Å²) in [6, 6.07) is 0.172. The van der Waals surface area contributed by atoms with Gasteiger partial charge in [0.05, 0.1) is 30.3 Å². The summed E-state index contributed by atoms with van der Waals surface area (Å²) in [5.41, 5.74) is -0.442. The van der Waals surface area contributed by atoms with Gasteiger partial charge < -0.3 is 14.6 Å². The first-order valence-electron chi connectivity index (χ1n) is 7.94. The van der Waals surface area contributed by atoms with Crippen LogP contribution in [0.1, 0.15) is 47.5 Å². The third kappa shape index (κ3) is 3.41. The van der Waals surface area contributed by atoms with Crippen molar-refractivity contribution < 1.29 is 19.4 Å². The molecule has 2 saturated heterocycles. The highest BCUT2D eigenvalue weighted by atomic mass is 16.5. The Hall–Kier alpha value is -0.650. The molecule has 0 aliphatic carbocycles. The molecule has 21 heavy (non-hydrogen) atoms. The van der Waals surface area contributed by atoms with E-state index >= 15 is 0 Å². The largest absolute Gasteiger partial charge is 0.481 e. The van der Waals surface area contributed by atoms with E-state index in [2.05, 4.69) is 39.5 Å². The molecule has 5 heteroatoms. The van der Waals surface area contributed by atoms with Gasteiger partial charge in [0.15, 0.2) is 0 Å². The number of nitrogens with zero attached hydrogens (tertiary/aromatic N) is 1. The zero-order valence-corrected chi connectivity index (χ0v) is 13.9. The predicted octanol–water partition coefficient (Wildman–Crippen LogP) is 2.14. The Morgan fingerprint density at radius 1 is 1.29 bits per heavy atom. The average molecular weight is 299 g/mol. The number of hydrogen-bond acceptors (Lipinski definition) is 4. The summed E-state index contributed by atoms with van der Waals surface area (Å²) >= 11 is 0. The van der Waals surface area contributed by atoms with Gasteiger partial charge in [0.2, 0.25) is 0 Å². The van der Waals surface area contributed by atoms with E-state index in [1.807, 2.05) is 0 Å². The highest BCUT2D eigenvalue weighted by Crippen LogP contribution is 2.42. The number of rotatable bonds is 5. The standard InChI is InChI=1S/C16H29NO4/c1-6-7-17(12-10-20-9-11(12)14(18)19)13-8-15(2,3)21-16(13,4)5/h11-13H,6-10H2,1-5H3,(H,18,19). The summed E-state index contributed by atoms with van der Waals surface area (Å²) in [4.78, 5) is 13.8. The molecule has 1 N–H and O–H groups in total. The van der Waals surface area contributed by atoms with Crippen LogP contribution in [0.25, 0.3) is 0 Å². The van der Waals surface area contributed by atoms with E-state index in [0.29, 0.717) is 13.2 Å². The monoisotopic (exact) mass is 299 g/mol. The molecule has 0 aromatic carbocycles. The molecular weight excluding hydrogens is 270 g/mol. The van der Waals surface area contributed by atoms with Crippen LogP contribution in [-0.4, -0.2) is 59.0 Å². The van der Waals surface area contributed by atoms with E-state index in [-0.39, 0.29) is 23.3 Å². The van der Waals surface area contributed by atoms with Crippen molar-refractivity contribution in [1.82, 2.24) is 4.90 Å². The summed E-state index contributed by atoms with van der Waals surface area (Å²) in [6.07, 6.45) is 1.92. The minimum Gasteiger partial charge on any atom is -0.481 e.